The average Bonchev–Trinajstić information content (AvgIpc) is 3.41. The van der Waals surface area contributed by atoms with Gasteiger partial charge in [-0.25, -0.2) is 0 Å². The normalized spacial score (nSPS) is 19.9. The molecule has 2 fully saturated rings. The van der Waals surface area contributed by atoms with Crippen molar-refractivity contribution in [2.24, 2.45) is 5.73 Å². The van der Waals surface area contributed by atoms with Gasteiger partial charge in [-0.05, 0) is 61.2 Å². The summed E-state index contributed by atoms with van der Waals surface area (Å²) in [5.74, 6) is -1.15. The number of hydrogen-bond donors (Lipinski definition) is 2. The lowest BCUT2D eigenvalue weighted by molar-refractivity contribution is -0.274. The summed E-state index contributed by atoms with van der Waals surface area (Å²) in [5.41, 5.74) is 6.41. The first-order valence-corrected chi connectivity index (χ1v) is 11.8. The number of benzene rings is 2. The number of nitrogens with one attached hydrogen (secondary N) is 1. The van der Waals surface area contributed by atoms with E-state index in [0.717, 1.165) is 10.0 Å². The largest absolute Gasteiger partial charge is 0.573 e. The smallest absolute Gasteiger partial charge is 0.406 e. The maximum absolute atomic E-state index is 14.0. The predicted octanol–water partition coefficient (Wildman–Crippen LogP) is 3.67. The van der Waals surface area contributed by atoms with E-state index in [9.17, 15) is 22.8 Å². The van der Waals surface area contributed by atoms with Gasteiger partial charge in [0.25, 0.3) is 0 Å². The Morgan fingerprint density at radius 3 is 2.29 bits per heavy atom. The van der Waals surface area contributed by atoms with Crippen LogP contribution in [0.15, 0.2) is 53.0 Å². The molecule has 3 N–H and O–H groups in total. The van der Waals surface area contributed by atoms with Gasteiger partial charge >= 0.3 is 6.36 Å². The first kappa shape index (κ1) is 24.5. The molecule has 0 radical (unpaired) electrons. The monoisotopic (exact) mass is 539 g/mol. The molecule has 0 spiro atoms. The maximum atomic E-state index is 14.0. The topological polar surface area (TPSA) is 84.7 Å². The van der Waals surface area contributed by atoms with Crippen molar-refractivity contribution in [3.05, 3.63) is 64.1 Å². The van der Waals surface area contributed by atoms with Crippen LogP contribution in [0.5, 0.6) is 5.75 Å². The van der Waals surface area contributed by atoms with E-state index in [0.29, 0.717) is 37.9 Å². The molecule has 1 heterocycles. The van der Waals surface area contributed by atoms with Crippen LogP contribution in [0.1, 0.15) is 30.4 Å². The van der Waals surface area contributed by atoms with E-state index in [1.807, 2.05) is 24.3 Å². The second-order valence-electron chi connectivity index (χ2n) is 8.76. The molecule has 0 aromatic heterocycles. The van der Waals surface area contributed by atoms with E-state index >= 15 is 0 Å². The summed E-state index contributed by atoms with van der Waals surface area (Å²) in [7, 11) is 0. The fraction of sp³-hybridized carbons (Fsp3) is 0.417. The number of carbonyl (C=O) groups excluding carboxylic acids is 2. The number of halogens is 4. The summed E-state index contributed by atoms with van der Waals surface area (Å²) in [5, 5.41) is 3.24. The third-order valence-electron chi connectivity index (χ3n) is 6.47. The second kappa shape index (κ2) is 9.58. The van der Waals surface area contributed by atoms with Crippen LogP contribution in [0.4, 0.5) is 13.2 Å². The van der Waals surface area contributed by atoms with Gasteiger partial charge in [0, 0.05) is 23.5 Å². The minimum atomic E-state index is -4.79. The van der Waals surface area contributed by atoms with Gasteiger partial charge < -0.3 is 20.7 Å². The second-order valence-corrected chi connectivity index (χ2v) is 9.68. The Labute approximate surface area is 203 Å². The van der Waals surface area contributed by atoms with Crippen LogP contribution in [0.25, 0.3) is 0 Å². The lowest BCUT2D eigenvalue weighted by Crippen LogP contribution is -2.57. The number of nitrogens with two attached hydrogens (primary N) is 1. The molecule has 182 valence electrons. The first-order valence-electron chi connectivity index (χ1n) is 11.0. The predicted molar refractivity (Wildman–Crippen MR) is 123 cm³/mol. The highest BCUT2D eigenvalue weighted by Gasteiger charge is 2.55. The van der Waals surface area contributed by atoms with Crippen LogP contribution in [0, 0.1) is 0 Å². The van der Waals surface area contributed by atoms with Crippen LogP contribution < -0.4 is 15.8 Å². The quantitative estimate of drug-likeness (QED) is 0.536. The van der Waals surface area contributed by atoms with Crippen molar-refractivity contribution >= 4 is 27.7 Å². The molecule has 10 heteroatoms. The number of rotatable bonds is 8. The molecule has 2 atom stereocenters. The fourth-order valence-electron chi connectivity index (χ4n) is 4.59. The summed E-state index contributed by atoms with van der Waals surface area (Å²) < 4.78 is 42.4. The van der Waals surface area contributed by atoms with Crippen molar-refractivity contribution in [3.8, 4) is 5.75 Å². The van der Waals surface area contributed by atoms with E-state index in [-0.39, 0.29) is 24.1 Å². The Balaban J connectivity index is 1.63. The van der Waals surface area contributed by atoms with Crippen LogP contribution in [0.2, 0.25) is 0 Å². The standard InChI is InChI=1S/C24H25BrF3N3O3/c25-17-5-1-15(2-6-17)13-20(21(29)32)31(18-9-12-30-14-18)22(33)23(10-11-23)16-3-7-19(8-4-16)34-24(26,27)28/h1-8,18,20,30H,9-14H2,(H2,29,32)/t18-,20-/m0/s1. The van der Waals surface area contributed by atoms with Gasteiger partial charge in [-0.1, -0.05) is 40.2 Å². The molecule has 1 aliphatic heterocycles. The minimum Gasteiger partial charge on any atom is -0.406 e. The van der Waals surface area contributed by atoms with Gasteiger partial charge in [-0.2, -0.15) is 0 Å². The van der Waals surface area contributed by atoms with E-state index < -0.39 is 23.7 Å². The Kier molecular flexibility index (Phi) is 6.91. The molecule has 6 nitrogen and oxygen atoms in total. The molecule has 2 aromatic rings. The van der Waals surface area contributed by atoms with Crippen molar-refractivity contribution in [2.45, 2.75) is 49.5 Å². The van der Waals surface area contributed by atoms with Gasteiger partial charge in [-0.3, -0.25) is 9.59 Å². The first-order chi connectivity index (χ1) is 16.1. The number of hydrogen-bond acceptors (Lipinski definition) is 4. The van der Waals surface area contributed by atoms with Crippen molar-refractivity contribution in [3.63, 3.8) is 0 Å². The molecule has 1 saturated heterocycles. The number of ether oxygens (including phenoxy) is 1. The molecule has 2 amide bonds. The van der Waals surface area contributed by atoms with Gasteiger partial charge in [0.15, 0.2) is 0 Å². The fourth-order valence-corrected chi connectivity index (χ4v) is 4.86. The number of primary amides is 1. The summed E-state index contributed by atoms with van der Waals surface area (Å²) >= 11 is 3.39. The minimum absolute atomic E-state index is 0.203. The van der Waals surface area contributed by atoms with Crippen LogP contribution in [0.3, 0.4) is 0 Å². The molecular formula is C24H25BrF3N3O3. The van der Waals surface area contributed by atoms with Gasteiger partial charge in [0.1, 0.15) is 11.8 Å². The molecular weight excluding hydrogens is 515 g/mol. The number of alkyl halides is 3. The summed E-state index contributed by atoms with van der Waals surface area (Å²) in [6.45, 7) is 1.26. The Morgan fingerprint density at radius 2 is 1.79 bits per heavy atom. The van der Waals surface area contributed by atoms with Crippen molar-refractivity contribution < 1.29 is 27.5 Å². The SMILES string of the molecule is NC(=O)[C@H](Cc1ccc(Br)cc1)N(C(=O)C1(c2ccc(OC(F)(F)F)cc2)CC1)[C@H]1CCNC1. The maximum Gasteiger partial charge on any atom is 0.573 e. The zero-order chi connectivity index (χ0) is 24.5. The molecule has 0 bridgehead atoms. The van der Waals surface area contributed by atoms with Crippen molar-refractivity contribution in [1.82, 2.24) is 10.2 Å². The number of amides is 2. The lowest BCUT2D eigenvalue weighted by Gasteiger charge is -2.37. The molecule has 34 heavy (non-hydrogen) atoms. The highest BCUT2D eigenvalue weighted by atomic mass is 79.9. The van der Waals surface area contributed by atoms with E-state index in [1.165, 1.54) is 24.3 Å². The van der Waals surface area contributed by atoms with E-state index in [1.54, 1.807) is 4.90 Å². The number of carbonyl (C=O) groups is 2. The average molecular weight is 540 g/mol. The third-order valence-corrected chi connectivity index (χ3v) is 7.00. The Bertz CT molecular complexity index is 1030. The summed E-state index contributed by atoms with van der Waals surface area (Å²) in [6, 6.07) is 11.8. The third kappa shape index (κ3) is 5.38. The molecule has 2 aromatic carbocycles. The molecule has 4 rings (SSSR count). The van der Waals surface area contributed by atoms with Crippen LogP contribution in [-0.2, 0) is 21.4 Å². The van der Waals surface area contributed by atoms with E-state index in [4.69, 9.17) is 5.73 Å². The van der Waals surface area contributed by atoms with E-state index in [2.05, 4.69) is 26.0 Å². The van der Waals surface area contributed by atoms with Crippen LogP contribution >= 0.6 is 15.9 Å². The highest BCUT2D eigenvalue weighted by molar-refractivity contribution is 9.10. The molecule has 0 unspecified atom stereocenters. The molecule has 1 aliphatic carbocycles. The highest BCUT2D eigenvalue weighted by Crippen LogP contribution is 2.50. The van der Waals surface area contributed by atoms with Gasteiger partial charge in [-0.15, -0.1) is 13.2 Å². The van der Waals surface area contributed by atoms with Crippen molar-refractivity contribution in [1.29, 1.82) is 0 Å². The molecule has 2 aliphatic rings. The van der Waals surface area contributed by atoms with Crippen molar-refractivity contribution in [2.75, 3.05) is 13.1 Å². The van der Waals surface area contributed by atoms with Gasteiger partial charge in [0.05, 0.1) is 5.41 Å². The van der Waals surface area contributed by atoms with Gasteiger partial charge in [0.2, 0.25) is 11.8 Å². The molecule has 1 saturated carbocycles. The zero-order valence-electron chi connectivity index (χ0n) is 18.3. The Hall–Kier alpha value is -2.59. The lowest BCUT2D eigenvalue weighted by atomic mass is 9.91. The van der Waals surface area contributed by atoms with Crippen LogP contribution in [-0.4, -0.2) is 48.2 Å². The summed E-state index contributed by atoms with van der Waals surface area (Å²) in [6.07, 6.45) is -2.73. The number of nitrogens with zero attached hydrogens (tertiary/aromatic N) is 1. The zero-order valence-corrected chi connectivity index (χ0v) is 19.9. The Morgan fingerprint density at radius 1 is 1.15 bits per heavy atom. The summed E-state index contributed by atoms with van der Waals surface area (Å²) in [4.78, 5) is 28.2.